The highest BCUT2D eigenvalue weighted by atomic mass is 16.5. The van der Waals surface area contributed by atoms with Crippen molar-refractivity contribution in [3.8, 4) is 0 Å². The molecular weight excluding hydrogens is 344 g/mol. The number of aryl methyl sites for hydroxylation is 2. The SMILES string of the molecule is Cc1ccc(CNCCC2(c3ccccn3)CCOC3(CCCC3)C2)cc1C. The lowest BCUT2D eigenvalue weighted by atomic mass is 9.68. The fourth-order valence-electron chi connectivity index (χ4n) is 5.27. The minimum Gasteiger partial charge on any atom is -0.375 e. The van der Waals surface area contributed by atoms with Crippen LogP contribution in [0.5, 0.6) is 0 Å². The average molecular weight is 379 g/mol. The molecule has 2 heterocycles. The van der Waals surface area contributed by atoms with Gasteiger partial charge >= 0.3 is 0 Å². The number of nitrogens with one attached hydrogen (secondary N) is 1. The summed E-state index contributed by atoms with van der Waals surface area (Å²) in [6, 6.07) is 13.2. The molecule has 28 heavy (non-hydrogen) atoms. The Labute approximate surface area is 169 Å². The zero-order valence-electron chi connectivity index (χ0n) is 17.5. The predicted molar refractivity (Wildman–Crippen MR) is 115 cm³/mol. The third kappa shape index (κ3) is 4.16. The van der Waals surface area contributed by atoms with Crippen molar-refractivity contribution in [2.75, 3.05) is 13.2 Å². The standard InChI is InChI=1S/C25H34N2O/c1-20-8-9-22(17-21(20)2)18-26-15-12-24(23-7-3-6-14-27-23)13-16-28-25(19-24)10-4-5-11-25/h3,6-9,14,17,26H,4-5,10-13,15-16,18-19H2,1-2H3. The lowest BCUT2D eigenvalue weighted by Crippen LogP contribution is -2.47. The second kappa shape index (κ2) is 8.34. The van der Waals surface area contributed by atoms with Gasteiger partial charge in [0.15, 0.2) is 0 Å². The van der Waals surface area contributed by atoms with Gasteiger partial charge in [0.05, 0.1) is 5.60 Å². The van der Waals surface area contributed by atoms with Crippen molar-refractivity contribution < 1.29 is 4.74 Å². The number of hydrogen-bond acceptors (Lipinski definition) is 3. The van der Waals surface area contributed by atoms with Gasteiger partial charge < -0.3 is 10.1 Å². The molecule has 0 amide bonds. The van der Waals surface area contributed by atoms with Crippen LogP contribution in [0.2, 0.25) is 0 Å². The minimum atomic E-state index is 0.101. The molecule has 1 aliphatic heterocycles. The summed E-state index contributed by atoms with van der Waals surface area (Å²) in [6.07, 6.45) is 10.3. The molecule has 2 fully saturated rings. The maximum absolute atomic E-state index is 6.35. The molecule has 1 spiro atoms. The minimum absolute atomic E-state index is 0.101. The number of nitrogens with zero attached hydrogens (tertiary/aromatic N) is 1. The smallest absolute Gasteiger partial charge is 0.0691 e. The number of aromatic nitrogens is 1. The van der Waals surface area contributed by atoms with Crippen molar-refractivity contribution in [2.45, 2.75) is 76.4 Å². The van der Waals surface area contributed by atoms with Crippen molar-refractivity contribution in [1.82, 2.24) is 10.3 Å². The van der Waals surface area contributed by atoms with Gasteiger partial charge in [-0.1, -0.05) is 37.1 Å². The van der Waals surface area contributed by atoms with Gasteiger partial charge in [-0.05, 0) is 81.3 Å². The fourth-order valence-corrected chi connectivity index (χ4v) is 5.27. The van der Waals surface area contributed by atoms with Crippen LogP contribution in [0.3, 0.4) is 0 Å². The Balaban J connectivity index is 1.45. The summed E-state index contributed by atoms with van der Waals surface area (Å²) in [5.74, 6) is 0. The molecule has 4 rings (SSSR count). The van der Waals surface area contributed by atoms with Gasteiger partial charge in [-0.25, -0.2) is 0 Å². The van der Waals surface area contributed by atoms with Crippen LogP contribution in [-0.4, -0.2) is 23.7 Å². The highest BCUT2D eigenvalue weighted by Crippen LogP contribution is 2.49. The van der Waals surface area contributed by atoms with E-state index in [4.69, 9.17) is 9.72 Å². The van der Waals surface area contributed by atoms with Crippen molar-refractivity contribution in [3.63, 3.8) is 0 Å². The topological polar surface area (TPSA) is 34.2 Å². The molecule has 150 valence electrons. The quantitative estimate of drug-likeness (QED) is 0.698. The first-order valence-corrected chi connectivity index (χ1v) is 10.9. The van der Waals surface area contributed by atoms with E-state index in [1.807, 2.05) is 12.3 Å². The van der Waals surface area contributed by atoms with Crippen molar-refractivity contribution >= 4 is 0 Å². The van der Waals surface area contributed by atoms with Crippen molar-refractivity contribution in [3.05, 3.63) is 65.0 Å². The van der Waals surface area contributed by atoms with E-state index in [1.54, 1.807) is 0 Å². The van der Waals surface area contributed by atoms with Crippen LogP contribution >= 0.6 is 0 Å². The van der Waals surface area contributed by atoms with E-state index in [9.17, 15) is 0 Å². The highest BCUT2D eigenvalue weighted by Gasteiger charge is 2.48. The summed E-state index contributed by atoms with van der Waals surface area (Å²) in [4.78, 5) is 4.80. The normalized spacial score (nSPS) is 23.9. The maximum Gasteiger partial charge on any atom is 0.0691 e. The summed E-state index contributed by atoms with van der Waals surface area (Å²) in [5.41, 5.74) is 5.61. The van der Waals surface area contributed by atoms with Crippen LogP contribution in [0, 0.1) is 13.8 Å². The molecule has 3 heteroatoms. The molecule has 0 bridgehead atoms. The van der Waals surface area contributed by atoms with Gasteiger partial charge in [0.25, 0.3) is 0 Å². The molecule has 1 N–H and O–H groups in total. The van der Waals surface area contributed by atoms with E-state index in [0.717, 1.165) is 39.0 Å². The van der Waals surface area contributed by atoms with E-state index < -0.39 is 0 Å². The fraction of sp³-hybridized carbons (Fsp3) is 0.560. The van der Waals surface area contributed by atoms with E-state index in [1.165, 1.54) is 48.1 Å². The number of pyridine rings is 1. The molecular formula is C25H34N2O. The Morgan fingerprint density at radius 3 is 2.64 bits per heavy atom. The second-order valence-corrected chi connectivity index (χ2v) is 9.01. The summed E-state index contributed by atoms with van der Waals surface area (Å²) in [6.45, 7) is 7.18. The summed E-state index contributed by atoms with van der Waals surface area (Å²) < 4.78 is 6.35. The highest BCUT2D eigenvalue weighted by molar-refractivity contribution is 5.29. The third-order valence-corrected chi connectivity index (χ3v) is 7.05. The van der Waals surface area contributed by atoms with Crippen LogP contribution in [0.15, 0.2) is 42.6 Å². The Hall–Kier alpha value is -1.71. The van der Waals surface area contributed by atoms with Crippen LogP contribution in [0.25, 0.3) is 0 Å². The molecule has 3 nitrogen and oxygen atoms in total. The van der Waals surface area contributed by atoms with Crippen LogP contribution in [-0.2, 0) is 16.7 Å². The van der Waals surface area contributed by atoms with E-state index in [0.29, 0.717) is 0 Å². The van der Waals surface area contributed by atoms with Crippen LogP contribution < -0.4 is 5.32 Å². The van der Waals surface area contributed by atoms with Gasteiger partial charge in [0.1, 0.15) is 0 Å². The number of ether oxygens (including phenoxy) is 1. The van der Waals surface area contributed by atoms with E-state index >= 15 is 0 Å². The Kier molecular flexibility index (Phi) is 5.84. The molecule has 1 aromatic heterocycles. The lowest BCUT2D eigenvalue weighted by Gasteiger charge is -2.46. The van der Waals surface area contributed by atoms with Crippen LogP contribution in [0.4, 0.5) is 0 Å². The number of rotatable bonds is 6. The average Bonchev–Trinajstić information content (AvgIpc) is 3.16. The monoisotopic (exact) mass is 378 g/mol. The van der Waals surface area contributed by atoms with Gasteiger partial charge in [-0.2, -0.15) is 0 Å². The summed E-state index contributed by atoms with van der Waals surface area (Å²) in [7, 11) is 0. The first-order chi connectivity index (χ1) is 13.6. The molecule has 1 atom stereocenters. The zero-order chi connectivity index (χ0) is 19.5. The Morgan fingerprint density at radius 2 is 1.89 bits per heavy atom. The van der Waals surface area contributed by atoms with Crippen molar-refractivity contribution in [2.24, 2.45) is 0 Å². The van der Waals surface area contributed by atoms with E-state index in [-0.39, 0.29) is 11.0 Å². The molecule has 0 radical (unpaired) electrons. The first kappa shape index (κ1) is 19.6. The number of hydrogen-bond donors (Lipinski definition) is 1. The zero-order valence-corrected chi connectivity index (χ0v) is 17.5. The summed E-state index contributed by atoms with van der Waals surface area (Å²) in [5, 5.41) is 3.70. The van der Waals surface area contributed by atoms with Crippen molar-refractivity contribution in [1.29, 1.82) is 0 Å². The van der Waals surface area contributed by atoms with Gasteiger partial charge in [0, 0.05) is 30.5 Å². The first-order valence-electron chi connectivity index (χ1n) is 10.9. The van der Waals surface area contributed by atoms with E-state index in [2.05, 4.69) is 49.5 Å². The van der Waals surface area contributed by atoms with Gasteiger partial charge in [-0.3, -0.25) is 4.98 Å². The summed E-state index contributed by atoms with van der Waals surface area (Å²) >= 11 is 0. The molecule has 1 aromatic carbocycles. The molecule has 1 saturated carbocycles. The predicted octanol–water partition coefficient (Wildman–Crippen LogP) is 5.24. The molecule has 1 unspecified atom stereocenters. The lowest BCUT2D eigenvalue weighted by molar-refractivity contribution is -0.104. The maximum atomic E-state index is 6.35. The third-order valence-electron chi connectivity index (χ3n) is 7.05. The molecule has 1 saturated heterocycles. The van der Waals surface area contributed by atoms with Gasteiger partial charge in [-0.15, -0.1) is 0 Å². The molecule has 1 aliphatic carbocycles. The Bertz CT molecular complexity index is 782. The van der Waals surface area contributed by atoms with Gasteiger partial charge in [0.2, 0.25) is 0 Å². The molecule has 2 aromatic rings. The largest absolute Gasteiger partial charge is 0.375 e. The number of benzene rings is 1. The molecule has 2 aliphatic rings. The van der Waals surface area contributed by atoms with Crippen LogP contribution in [0.1, 0.15) is 67.3 Å². The second-order valence-electron chi connectivity index (χ2n) is 9.01. The Morgan fingerprint density at radius 1 is 1.04 bits per heavy atom.